The molecule has 4 nitrogen and oxygen atoms in total. The molecule has 0 spiro atoms. The Bertz CT molecular complexity index is 903. The third-order valence-electron chi connectivity index (χ3n) is 3.48. The Kier molecular flexibility index (Phi) is 5.26. The number of amides is 1. The maximum atomic E-state index is 12.8. The predicted molar refractivity (Wildman–Crippen MR) is 96.8 cm³/mol. The van der Waals surface area contributed by atoms with Gasteiger partial charge in [-0.25, -0.2) is 4.39 Å². The average Bonchev–Trinajstić information content (AvgIpc) is 3.03. The summed E-state index contributed by atoms with van der Waals surface area (Å²) in [5.41, 5.74) is 1.68. The topological polar surface area (TPSA) is 46.9 Å². The van der Waals surface area contributed by atoms with Crippen LogP contribution in [0.25, 0.3) is 6.08 Å². The van der Waals surface area contributed by atoms with Crippen LogP contribution < -0.4 is 5.32 Å². The number of rotatable bonds is 5. The number of carbonyl (C=O) groups excluding carboxylic acids is 1. The van der Waals surface area contributed by atoms with Crippen molar-refractivity contribution in [3.05, 3.63) is 88.8 Å². The van der Waals surface area contributed by atoms with E-state index in [1.807, 2.05) is 24.3 Å². The summed E-state index contributed by atoms with van der Waals surface area (Å²) < 4.78 is 14.5. The lowest BCUT2D eigenvalue weighted by Gasteiger charge is -2.04. The summed E-state index contributed by atoms with van der Waals surface area (Å²) in [6, 6.07) is 15.1. The van der Waals surface area contributed by atoms with Crippen LogP contribution in [-0.2, 0) is 11.3 Å². The van der Waals surface area contributed by atoms with E-state index in [0.717, 1.165) is 11.1 Å². The van der Waals surface area contributed by atoms with Crippen LogP contribution in [0.4, 0.5) is 10.2 Å². The summed E-state index contributed by atoms with van der Waals surface area (Å²) in [5, 5.41) is 7.65. The molecule has 0 saturated heterocycles. The lowest BCUT2D eigenvalue weighted by molar-refractivity contribution is -0.111. The van der Waals surface area contributed by atoms with Crippen LogP contribution >= 0.6 is 11.6 Å². The van der Waals surface area contributed by atoms with Gasteiger partial charge in [-0.3, -0.25) is 9.48 Å². The first-order chi connectivity index (χ1) is 12.1. The van der Waals surface area contributed by atoms with Crippen molar-refractivity contribution in [1.82, 2.24) is 9.78 Å². The number of carbonyl (C=O) groups is 1. The van der Waals surface area contributed by atoms with Crippen molar-refractivity contribution in [2.24, 2.45) is 0 Å². The zero-order chi connectivity index (χ0) is 17.6. The minimum absolute atomic E-state index is 0.313. The van der Waals surface area contributed by atoms with Gasteiger partial charge in [0.2, 0.25) is 5.91 Å². The number of hydrogen-bond donors (Lipinski definition) is 1. The largest absolute Gasteiger partial charge is 0.306 e. The molecule has 25 heavy (non-hydrogen) atoms. The van der Waals surface area contributed by atoms with E-state index in [4.69, 9.17) is 11.6 Å². The van der Waals surface area contributed by atoms with Gasteiger partial charge < -0.3 is 5.32 Å². The Morgan fingerprint density at radius 1 is 1.16 bits per heavy atom. The highest BCUT2D eigenvalue weighted by Crippen LogP contribution is 2.16. The predicted octanol–water partition coefficient (Wildman–Crippen LogP) is 4.38. The van der Waals surface area contributed by atoms with Crippen molar-refractivity contribution in [1.29, 1.82) is 0 Å². The van der Waals surface area contributed by atoms with Crippen molar-refractivity contribution in [3.63, 3.8) is 0 Å². The first-order valence-electron chi connectivity index (χ1n) is 7.62. The molecule has 0 aliphatic heterocycles. The highest BCUT2D eigenvalue weighted by Gasteiger charge is 2.04. The van der Waals surface area contributed by atoms with Crippen molar-refractivity contribution in [2.45, 2.75) is 6.54 Å². The summed E-state index contributed by atoms with van der Waals surface area (Å²) in [5.74, 6) is -0.182. The van der Waals surface area contributed by atoms with Gasteiger partial charge in [-0.05, 0) is 35.4 Å². The number of hydrogen-bond acceptors (Lipinski definition) is 2. The van der Waals surface area contributed by atoms with Gasteiger partial charge in [-0.15, -0.1) is 0 Å². The fourth-order valence-electron chi connectivity index (χ4n) is 2.23. The third-order valence-corrected chi connectivity index (χ3v) is 3.85. The van der Waals surface area contributed by atoms with E-state index in [-0.39, 0.29) is 11.7 Å². The molecule has 0 bridgehead atoms. The molecular formula is C19H15ClFN3O. The van der Waals surface area contributed by atoms with Crippen molar-refractivity contribution in [3.8, 4) is 0 Å². The average molecular weight is 356 g/mol. The van der Waals surface area contributed by atoms with E-state index in [1.165, 1.54) is 18.2 Å². The Labute approximate surface area is 149 Å². The van der Waals surface area contributed by atoms with E-state index in [1.54, 1.807) is 35.2 Å². The molecule has 0 unspecified atom stereocenters. The van der Waals surface area contributed by atoms with Gasteiger partial charge in [-0.2, -0.15) is 5.10 Å². The molecule has 3 rings (SSSR count). The highest BCUT2D eigenvalue weighted by molar-refractivity contribution is 6.31. The van der Waals surface area contributed by atoms with E-state index < -0.39 is 0 Å². The van der Waals surface area contributed by atoms with Crippen LogP contribution in [-0.4, -0.2) is 15.7 Å². The number of benzene rings is 2. The van der Waals surface area contributed by atoms with E-state index in [9.17, 15) is 9.18 Å². The molecular weight excluding hydrogens is 341 g/mol. The minimum Gasteiger partial charge on any atom is -0.306 e. The van der Waals surface area contributed by atoms with E-state index in [2.05, 4.69) is 10.4 Å². The second-order valence-corrected chi connectivity index (χ2v) is 5.77. The lowest BCUT2D eigenvalue weighted by atomic mass is 10.2. The molecule has 2 aromatic carbocycles. The summed E-state index contributed by atoms with van der Waals surface area (Å²) in [7, 11) is 0. The normalized spacial score (nSPS) is 11.0. The van der Waals surface area contributed by atoms with Crippen molar-refractivity contribution < 1.29 is 9.18 Å². The number of nitrogens with one attached hydrogen (secondary N) is 1. The van der Waals surface area contributed by atoms with Crippen LogP contribution in [0, 0.1) is 5.82 Å². The van der Waals surface area contributed by atoms with Crippen LogP contribution in [0.15, 0.2) is 66.9 Å². The van der Waals surface area contributed by atoms with Gasteiger partial charge in [0.1, 0.15) is 5.82 Å². The van der Waals surface area contributed by atoms with Crippen LogP contribution in [0.3, 0.4) is 0 Å². The van der Waals surface area contributed by atoms with Gasteiger partial charge in [0.15, 0.2) is 5.82 Å². The monoisotopic (exact) mass is 355 g/mol. The summed E-state index contributed by atoms with van der Waals surface area (Å²) >= 11 is 6.13. The second kappa shape index (κ2) is 7.77. The Hall–Kier alpha value is -2.92. The zero-order valence-electron chi connectivity index (χ0n) is 13.2. The molecule has 3 aromatic rings. The molecule has 1 heterocycles. The molecule has 0 saturated carbocycles. The molecule has 126 valence electrons. The van der Waals surface area contributed by atoms with Gasteiger partial charge in [-0.1, -0.05) is 41.9 Å². The van der Waals surface area contributed by atoms with Crippen LogP contribution in [0.1, 0.15) is 11.1 Å². The smallest absolute Gasteiger partial charge is 0.249 e. The molecule has 0 fully saturated rings. The highest BCUT2D eigenvalue weighted by atomic mass is 35.5. The quantitative estimate of drug-likeness (QED) is 0.690. The minimum atomic E-state index is -0.314. The molecule has 0 radical (unpaired) electrons. The molecule has 6 heteroatoms. The first kappa shape index (κ1) is 16.9. The van der Waals surface area contributed by atoms with Gasteiger partial charge >= 0.3 is 0 Å². The Balaban J connectivity index is 1.60. The first-order valence-corrected chi connectivity index (χ1v) is 7.99. The third kappa shape index (κ3) is 4.78. The standard InChI is InChI=1S/C19H15ClFN3O/c20-17-4-2-1-3-15(17)13-24-12-11-18(23-24)22-19(25)10-7-14-5-8-16(21)9-6-14/h1-12H,13H2,(H,22,23,25)/b10-7+. The summed E-state index contributed by atoms with van der Waals surface area (Å²) in [6.07, 6.45) is 4.75. The summed E-state index contributed by atoms with van der Waals surface area (Å²) in [4.78, 5) is 11.9. The maximum absolute atomic E-state index is 12.8. The van der Waals surface area contributed by atoms with Gasteiger partial charge in [0.05, 0.1) is 6.54 Å². The number of anilines is 1. The molecule has 0 atom stereocenters. The molecule has 0 aliphatic rings. The van der Waals surface area contributed by atoms with Gasteiger partial charge in [0, 0.05) is 23.4 Å². The number of aromatic nitrogens is 2. The van der Waals surface area contributed by atoms with Crippen LogP contribution in [0.2, 0.25) is 5.02 Å². The fourth-order valence-corrected chi connectivity index (χ4v) is 2.43. The Morgan fingerprint density at radius 2 is 1.92 bits per heavy atom. The fraction of sp³-hybridized carbons (Fsp3) is 0.0526. The second-order valence-electron chi connectivity index (χ2n) is 5.36. The van der Waals surface area contributed by atoms with Crippen molar-refractivity contribution >= 4 is 29.4 Å². The van der Waals surface area contributed by atoms with Crippen molar-refractivity contribution in [2.75, 3.05) is 5.32 Å². The maximum Gasteiger partial charge on any atom is 0.249 e. The SMILES string of the molecule is O=C(/C=C/c1ccc(F)cc1)Nc1ccn(Cc2ccccc2Cl)n1. The molecule has 1 aromatic heterocycles. The van der Waals surface area contributed by atoms with E-state index >= 15 is 0 Å². The number of nitrogens with zero attached hydrogens (tertiary/aromatic N) is 2. The molecule has 1 amide bonds. The lowest BCUT2D eigenvalue weighted by Crippen LogP contribution is -2.09. The summed E-state index contributed by atoms with van der Waals surface area (Å²) in [6.45, 7) is 0.515. The van der Waals surface area contributed by atoms with Crippen LogP contribution in [0.5, 0.6) is 0 Å². The molecule has 0 aliphatic carbocycles. The molecule has 1 N–H and O–H groups in total. The Morgan fingerprint density at radius 3 is 2.68 bits per heavy atom. The number of halogens is 2. The zero-order valence-corrected chi connectivity index (χ0v) is 13.9. The van der Waals surface area contributed by atoms with E-state index in [0.29, 0.717) is 17.4 Å². The van der Waals surface area contributed by atoms with Gasteiger partial charge in [0.25, 0.3) is 0 Å².